The van der Waals surface area contributed by atoms with Gasteiger partial charge in [0.2, 0.25) is 0 Å². The number of aromatic nitrogens is 2. The zero-order chi connectivity index (χ0) is 17.1. The molecule has 1 aromatic heterocycles. The number of nitrogens with one attached hydrogen (secondary N) is 1. The summed E-state index contributed by atoms with van der Waals surface area (Å²) in [4.78, 5) is 12.3. The molecule has 0 aliphatic carbocycles. The third-order valence-electron chi connectivity index (χ3n) is 3.36. The predicted molar refractivity (Wildman–Crippen MR) is 99.9 cm³/mol. The molecule has 0 saturated carbocycles. The molecular formula is C17H12BrCl2N3O. The molecular weight excluding hydrogens is 413 g/mol. The number of amides is 1. The van der Waals surface area contributed by atoms with Crippen molar-refractivity contribution in [3.8, 4) is 0 Å². The molecule has 24 heavy (non-hydrogen) atoms. The number of hydrogen-bond acceptors (Lipinski definition) is 2. The Morgan fingerprint density at radius 2 is 1.79 bits per heavy atom. The van der Waals surface area contributed by atoms with Gasteiger partial charge in [-0.3, -0.25) is 9.48 Å². The van der Waals surface area contributed by atoms with Gasteiger partial charge in [-0.15, -0.1) is 0 Å². The van der Waals surface area contributed by atoms with E-state index in [0.29, 0.717) is 32.4 Å². The molecule has 0 fully saturated rings. The van der Waals surface area contributed by atoms with E-state index in [2.05, 4.69) is 26.3 Å². The molecule has 2 aromatic carbocycles. The maximum absolute atomic E-state index is 12.3. The Morgan fingerprint density at radius 3 is 2.54 bits per heavy atom. The Bertz CT molecular complexity index is 895. The molecule has 3 rings (SSSR count). The largest absolute Gasteiger partial charge is 0.304 e. The molecule has 4 nitrogen and oxygen atoms in total. The van der Waals surface area contributed by atoms with Gasteiger partial charge in [-0.05, 0) is 39.7 Å². The van der Waals surface area contributed by atoms with Crippen LogP contribution in [0.15, 0.2) is 59.2 Å². The van der Waals surface area contributed by atoms with Crippen molar-refractivity contribution in [1.29, 1.82) is 0 Å². The van der Waals surface area contributed by atoms with Crippen molar-refractivity contribution >= 4 is 50.9 Å². The van der Waals surface area contributed by atoms with Crippen molar-refractivity contribution < 1.29 is 4.79 Å². The minimum atomic E-state index is -0.285. The smallest absolute Gasteiger partial charge is 0.258 e. The van der Waals surface area contributed by atoms with E-state index >= 15 is 0 Å². The Hall–Kier alpha value is -1.82. The lowest BCUT2D eigenvalue weighted by molar-refractivity contribution is 0.102. The van der Waals surface area contributed by atoms with Crippen LogP contribution in [0, 0.1) is 0 Å². The van der Waals surface area contributed by atoms with E-state index in [1.165, 1.54) is 0 Å². The van der Waals surface area contributed by atoms with Crippen molar-refractivity contribution in [1.82, 2.24) is 9.78 Å². The zero-order valence-corrected chi connectivity index (χ0v) is 15.4. The normalized spacial score (nSPS) is 10.6. The van der Waals surface area contributed by atoms with E-state index in [-0.39, 0.29) is 5.91 Å². The lowest BCUT2D eigenvalue weighted by atomic mass is 10.2. The van der Waals surface area contributed by atoms with Crippen molar-refractivity contribution in [2.24, 2.45) is 0 Å². The highest BCUT2D eigenvalue weighted by molar-refractivity contribution is 9.10. The van der Waals surface area contributed by atoms with Crippen LogP contribution >= 0.6 is 39.1 Å². The van der Waals surface area contributed by atoms with Gasteiger partial charge in [0.15, 0.2) is 5.82 Å². The van der Waals surface area contributed by atoms with Crippen LogP contribution in [-0.2, 0) is 6.54 Å². The third-order valence-corrected chi connectivity index (χ3v) is 4.69. The number of nitrogens with zero attached hydrogens (tertiary/aromatic N) is 2. The lowest BCUT2D eigenvalue weighted by Gasteiger charge is -2.05. The van der Waals surface area contributed by atoms with Gasteiger partial charge in [0.05, 0.1) is 12.1 Å². The second kappa shape index (κ2) is 7.38. The van der Waals surface area contributed by atoms with E-state index in [1.54, 1.807) is 29.1 Å². The molecule has 1 N–H and O–H groups in total. The second-order valence-electron chi connectivity index (χ2n) is 5.05. The van der Waals surface area contributed by atoms with E-state index in [9.17, 15) is 4.79 Å². The molecule has 0 atom stereocenters. The summed E-state index contributed by atoms with van der Waals surface area (Å²) in [5.41, 5.74) is 1.43. The molecule has 0 bridgehead atoms. The van der Waals surface area contributed by atoms with Crippen LogP contribution in [0.4, 0.5) is 5.82 Å². The monoisotopic (exact) mass is 423 g/mol. The fourth-order valence-corrected chi connectivity index (χ4v) is 3.04. The van der Waals surface area contributed by atoms with Gasteiger partial charge in [0.1, 0.15) is 5.02 Å². The summed E-state index contributed by atoms with van der Waals surface area (Å²) < 4.78 is 2.34. The average Bonchev–Trinajstić information content (AvgIpc) is 2.89. The van der Waals surface area contributed by atoms with Crippen LogP contribution in [0.3, 0.4) is 0 Å². The molecule has 7 heteroatoms. The summed E-state index contributed by atoms with van der Waals surface area (Å²) in [6.07, 6.45) is 1.65. The minimum absolute atomic E-state index is 0.285. The first-order valence-electron chi connectivity index (χ1n) is 7.07. The maximum atomic E-state index is 12.3. The summed E-state index contributed by atoms with van der Waals surface area (Å²) in [6, 6.07) is 14.6. The highest BCUT2D eigenvalue weighted by Gasteiger charge is 2.14. The van der Waals surface area contributed by atoms with E-state index in [1.807, 2.05) is 30.3 Å². The number of carbonyl (C=O) groups excluding carboxylic acids is 1. The maximum Gasteiger partial charge on any atom is 0.258 e. The van der Waals surface area contributed by atoms with Crippen LogP contribution in [0.2, 0.25) is 10.0 Å². The molecule has 0 aliphatic heterocycles. The summed E-state index contributed by atoms with van der Waals surface area (Å²) in [6.45, 7) is 0.463. The molecule has 0 unspecified atom stereocenters. The van der Waals surface area contributed by atoms with Crippen molar-refractivity contribution in [2.75, 3.05) is 5.32 Å². The Labute approximate surface area is 157 Å². The van der Waals surface area contributed by atoms with Gasteiger partial charge in [-0.25, -0.2) is 0 Å². The first-order chi connectivity index (χ1) is 11.5. The molecule has 1 amide bonds. The van der Waals surface area contributed by atoms with E-state index in [0.717, 1.165) is 5.56 Å². The zero-order valence-electron chi connectivity index (χ0n) is 12.3. The van der Waals surface area contributed by atoms with Crippen LogP contribution in [0.5, 0.6) is 0 Å². The summed E-state index contributed by atoms with van der Waals surface area (Å²) in [5, 5.41) is 8.06. The Balaban J connectivity index is 1.78. The van der Waals surface area contributed by atoms with Crippen molar-refractivity contribution in [3.63, 3.8) is 0 Å². The number of benzene rings is 2. The second-order valence-corrected chi connectivity index (χ2v) is 6.72. The number of rotatable bonds is 4. The van der Waals surface area contributed by atoms with Crippen LogP contribution in [0.25, 0.3) is 0 Å². The summed E-state index contributed by atoms with van der Waals surface area (Å²) in [7, 11) is 0. The number of hydrogen-bond donors (Lipinski definition) is 1. The number of halogens is 3. The van der Waals surface area contributed by atoms with E-state index in [4.69, 9.17) is 23.2 Å². The van der Waals surface area contributed by atoms with Gasteiger partial charge >= 0.3 is 0 Å². The molecule has 1 heterocycles. The third kappa shape index (κ3) is 3.80. The summed E-state index contributed by atoms with van der Waals surface area (Å²) in [5.74, 6) is 0.0249. The topological polar surface area (TPSA) is 46.9 Å². The fourth-order valence-electron chi connectivity index (χ4n) is 2.18. The predicted octanol–water partition coefficient (Wildman–Crippen LogP) is 5.25. The molecule has 0 saturated heterocycles. The van der Waals surface area contributed by atoms with Gasteiger partial charge in [0, 0.05) is 15.7 Å². The minimum Gasteiger partial charge on any atom is -0.304 e. The summed E-state index contributed by atoms with van der Waals surface area (Å²) >= 11 is 15.7. The highest BCUT2D eigenvalue weighted by Crippen LogP contribution is 2.24. The SMILES string of the molecule is O=C(Nc1nn(Cc2ccccc2Cl)cc1Cl)c1ccccc1Br. The van der Waals surface area contributed by atoms with Gasteiger partial charge < -0.3 is 5.32 Å². The first kappa shape index (κ1) is 17.0. The standard InChI is InChI=1S/C17H12BrCl2N3O/c18-13-7-3-2-6-12(13)17(24)21-16-15(20)10-23(22-16)9-11-5-1-4-8-14(11)19/h1-8,10H,9H2,(H,21,22,24). The molecule has 122 valence electrons. The van der Waals surface area contributed by atoms with Crippen molar-refractivity contribution in [3.05, 3.63) is 80.4 Å². The average molecular weight is 425 g/mol. The lowest BCUT2D eigenvalue weighted by Crippen LogP contribution is -2.13. The highest BCUT2D eigenvalue weighted by atomic mass is 79.9. The van der Waals surface area contributed by atoms with E-state index < -0.39 is 0 Å². The molecule has 0 spiro atoms. The van der Waals surface area contributed by atoms with Crippen molar-refractivity contribution in [2.45, 2.75) is 6.54 Å². The quantitative estimate of drug-likeness (QED) is 0.621. The van der Waals surface area contributed by atoms with Gasteiger partial charge in [-0.2, -0.15) is 5.10 Å². The van der Waals surface area contributed by atoms with Crippen LogP contribution < -0.4 is 5.32 Å². The fraction of sp³-hybridized carbons (Fsp3) is 0.0588. The van der Waals surface area contributed by atoms with Crippen LogP contribution in [0.1, 0.15) is 15.9 Å². The molecule has 3 aromatic rings. The Morgan fingerprint density at radius 1 is 1.08 bits per heavy atom. The molecule has 0 aliphatic rings. The van der Waals surface area contributed by atoms with Crippen LogP contribution in [-0.4, -0.2) is 15.7 Å². The Kier molecular flexibility index (Phi) is 5.23. The van der Waals surface area contributed by atoms with Gasteiger partial charge in [-0.1, -0.05) is 53.5 Å². The molecule has 0 radical (unpaired) electrons. The first-order valence-corrected chi connectivity index (χ1v) is 8.61. The van der Waals surface area contributed by atoms with Gasteiger partial charge in [0.25, 0.3) is 5.91 Å². The number of carbonyl (C=O) groups is 1. The number of anilines is 1.